The summed E-state index contributed by atoms with van der Waals surface area (Å²) < 4.78 is 10.6. The first-order valence-corrected chi connectivity index (χ1v) is 7.91. The van der Waals surface area contributed by atoms with Gasteiger partial charge in [0.15, 0.2) is 0 Å². The Morgan fingerprint density at radius 3 is 2.38 bits per heavy atom. The smallest absolute Gasteiger partial charge is 0.338 e. The number of hydrogen-bond acceptors (Lipinski definition) is 5. The highest BCUT2D eigenvalue weighted by Gasteiger charge is 2.12. The van der Waals surface area contributed by atoms with Gasteiger partial charge >= 0.3 is 11.9 Å². The Hall–Kier alpha value is -1.57. The number of ether oxygens (including phenoxy) is 2. The minimum atomic E-state index is -0.552. The summed E-state index contributed by atoms with van der Waals surface area (Å²) in [5.41, 5.74) is 1.56. The third-order valence-electron chi connectivity index (χ3n) is 2.66. The number of alkyl halides is 1. The highest BCUT2D eigenvalue weighted by atomic mass is 127. The highest BCUT2D eigenvalue weighted by Crippen LogP contribution is 2.15. The van der Waals surface area contributed by atoms with E-state index in [9.17, 15) is 9.59 Å². The van der Waals surface area contributed by atoms with E-state index in [4.69, 9.17) is 9.47 Å². The molecule has 0 unspecified atom stereocenters. The van der Waals surface area contributed by atoms with Crippen LogP contribution in [0.15, 0.2) is 36.4 Å². The van der Waals surface area contributed by atoms with Crippen LogP contribution in [0.25, 0.3) is 0 Å². The molecule has 0 aromatic heterocycles. The van der Waals surface area contributed by atoms with E-state index in [1.807, 2.05) is 24.1 Å². The van der Waals surface area contributed by atoms with Gasteiger partial charge in [0.25, 0.3) is 0 Å². The van der Waals surface area contributed by atoms with Gasteiger partial charge in [-0.15, -0.1) is 0 Å². The van der Waals surface area contributed by atoms with Gasteiger partial charge in [-0.3, -0.25) is 0 Å². The van der Waals surface area contributed by atoms with E-state index in [1.165, 1.54) is 0 Å². The van der Waals surface area contributed by atoms with Crippen LogP contribution in [0.2, 0.25) is 0 Å². The van der Waals surface area contributed by atoms with E-state index in [0.717, 1.165) is 10.2 Å². The second-order valence-electron chi connectivity index (χ2n) is 4.26. The Morgan fingerprint density at radius 2 is 1.86 bits per heavy atom. The van der Waals surface area contributed by atoms with Crippen LogP contribution < -0.4 is 4.90 Å². The molecule has 5 nitrogen and oxygen atoms in total. The maximum atomic E-state index is 11.8. The van der Waals surface area contributed by atoms with Crippen LogP contribution in [0.5, 0.6) is 0 Å². The molecule has 0 heterocycles. The zero-order valence-corrected chi connectivity index (χ0v) is 14.3. The molecule has 0 aliphatic heterocycles. The van der Waals surface area contributed by atoms with Gasteiger partial charge in [-0.1, -0.05) is 29.2 Å². The lowest BCUT2D eigenvalue weighted by atomic mass is 10.2. The van der Waals surface area contributed by atoms with Gasteiger partial charge in [-0.05, 0) is 31.2 Å². The molecule has 114 valence electrons. The van der Waals surface area contributed by atoms with E-state index in [0.29, 0.717) is 5.56 Å². The molecule has 0 aliphatic rings. The van der Waals surface area contributed by atoms with Gasteiger partial charge in [0.2, 0.25) is 0 Å². The normalized spacial score (nSPS) is 9.86. The maximum Gasteiger partial charge on any atom is 0.338 e. The Morgan fingerprint density at radius 1 is 1.24 bits per heavy atom. The van der Waals surface area contributed by atoms with Crippen LogP contribution in [0, 0.1) is 0 Å². The fourth-order valence-corrected chi connectivity index (χ4v) is 1.84. The van der Waals surface area contributed by atoms with Crippen LogP contribution >= 0.6 is 22.6 Å². The summed E-state index contributed by atoms with van der Waals surface area (Å²) in [6.07, 6.45) is 0. The van der Waals surface area contributed by atoms with Gasteiger partial charge in [0.05, 0.1) is 22.3 Å². The van der Waals surface area contributed by atoms with Crippen molar-refractivity contribution in [1.82, 2.24) is 0 Å². The standard InChI is InChI=1S/C15H18INO4/c1-4-20-14(18)11(2)9-21-15(19)12-5-7-13(8-6-12)17(3)10-16/h5-8H,2,4,9-10H2,1,3H3. The molecule has 0 bridgehead atoms. The van der Waals surface area contributed by atoms with Gasteiger partial charge in [0.1, 0.15) is 6.61 Å². The van der Waals surface area contributed by atoms with Gasteiger partial charge in [0, 0.05) is 12.7 Å². The predicted octanol–water partition coefficient (Wildman–Crippen LogP) is 2.79. The predicted molar refractivity (Wildman–Crippen MR) is 89.8 cm³/mol. The first-order valence-electron chi connectivity index (χ1n) is 6.38. The van der Waals surface area contributed by atoms with Crippen LogP contribution in [-0.2, 0) is 14.3 Å². The average molecular weight is 403 g/mol. The monoisotopic (exact) mass is 403 g/mol. The van der Waals surface area contributed by atoms with Crippen molar-refractivity contribution >= 4 is 40.2 Å². The molecule has 0 saturated carbocycles. The highest BCUT2D eigenvalue weighted by molar-refractivity contribution is 14.1. The molecule has 0 spiro atoms. The Bertz CT molecular complexity index is 513. The fourth-order valence-electron chi connectivity index (χ4n) is 1.45. The second-order valence-corrected chi connectivity index (χ2v) is 4.95. The topological polar surface area (TPSA) is 55.8 Å². The molecule has 0 radical (unpaired) electrons. The number of carbonyl (C=O) groups excluding carboxylic acids is 2. The van der Waals surface area contributed by atoms with Crippen LogP contribution in [0.3, 0.4) is 0 Å². The first-order chi connectivity index (χ1) is 9.99. The summed E-state index contributed by atoms with van der Waals surface area (Å²) in [7, 11) is 1.96. The van der Waals surface area contributed by atoms with Crippen molar-refractivity contribution in [3.63, 3.8) is 0 Å². The van der Waals surface area contributed by atoms with Crippen molar-refractivity contribution in [2.75, 3.05) is 29.7 Å². The maximum absolute atomic E-state index is 11.8. The summed E-state index contributed by atoms with van der Waals surface area (Å²) in [5, 5.41) is 0. The molecule has 0 saturated heterocycles. The van der Waals surface area contributed by atoms with Crippen LogP contribution in [0.4, 0.5) is 5.69 Å². The third kappa shape index (κ3) is 5.37. The van der Waals surface area contributed by atoms with E-state index in [2.05, 4.69) is 29.2 Å². The number of carbonyl (C=O) groups is 2. The third-order valence-corrected chi connectivity index (χ3v) is 3.69. The molecular weight excluding hydrogens is 385 g/mol. The average Bonchev–Trinajstić information content (AvgIpc) is 2.51. The molecule has 1 aromatic carbocycles. The van der Waals surface area contributed by atoms with E-state index in [-0.39, 0.29) is 18.8 Å². The zero-order valence-electron chi connectivity index (χ0n) is 12.1. The lowest BCUT2D eigenvalue weighted by Gasteiger charge is -2.15. The van der Waals surface area contributed by atoms with Crippen molar-refractivity contribution in [2.24, 2.45) is 0 Å². The number of rotatable bonds is 7. The molecule has 0 aliphatic carbocycles. The number of hydrogen-bond donors (Lipinski definition) is 0. The van der Waals surface area contributed by atoms with Crippen LogP contribution in [0.1, 0.15) is 17.3 Å². The SMILES string of the molecule is C=C(COC(=O)c1ccc(N(C)CI)cc1)C(=O)OCC. The first kappa shape index (κ1) is 17.5. The molecule has 0 atom stereocenters. The number of halogens is 1. The lowest BCUT2D eigenvalue weighted by Crippen LogP contribution is -2.15. The molecule has 6 heteroatoms. The zero-order chi connectivity index (χ0) is 15.8. The summed E-state index contributed by atoms with van der Waals surface area (Å²) in [5.74, 6) is -1.05. The number of benzene rings is 1. The summed E-state index contributed by atoms with van der Waals surface area (Å²) >= 11 is 2.25. The van der Waals surface area contributed by atoms with Gasteiger partial charge in [-0.2, -0.15) is 0 Å². The number of esters is 2. The van der Waals surface area contributed by atoms with Crippen LogP contribution in [-0.4, -0.2) is 36.8 Å². The van der Waals surface area contributed by atoms with Gasteiger partial charge < -0.3 is 14.4 Å². The molecule has 0 amide bonds. The second kappa shape index (κ2) is 8.66. The van der Waals surface area contributed by atoms with Crippen molar-refractivity contribution in [2.45, 2.75) is 6.92 Å². The van der Waals surface area contributed by atoms with E-state index >= 15 is 0 Å². The summed E-state index contributed by atoms with van der Waals surface area (Å²) in [4.78, 5) is 25.2. The minimum Gasteiger partial charge on any atom is -0.463 e. The molecule has 21 heavy (non-hydrogen) atoms. The Balaban J connectivity index is 2.56. The Kier molecular flexibility index (Phi) is 7.21. The van der Waals surface area contributed by atoms with Crippen molar-refractivity contribution in [3.05, 3.63) is 42.0 Å². The number of nitrogens with zero attached hydrogens (tertiary/aromatic N) is 1. The van der Waals surface area contributed by atoms with Crippen molar-refractivity contribution in [3.8, 4) is 0 Å². The summed E-state index contributed by atoms with van der Waals surface area (Å²) in [6.45, 7) is 5.32. The fraction of sp³-hybridized carbons (Fsp3) is 0.333. The number of anilines is 1. The molecule has 1 aromatic rings. The minimum absolute atomic E-state index is 0.117. The van der Waals surface area contributed by atoms with E-state index in [1.54, 1.807) is 19.1 Å². The van der Waals surface area contributed by atoms with Gasteiger partial charge in [-0.25, -0.2) is 9.59 Å². The molecule has 1 rings (SSSR count). The van der Waals surface area contributed by atoms with Crippen molar-refractivity contribution < 1.29 is 19.1 Å². The quantitative estimate of drug-likeness (QED) is 0.231. The lowest BCUT2D eigenvalue weighted by molar-refractivity contribution is -0.138. The molecule has 0 fully saturated rings. The molecular formula is C15H18INO4. The molecule has 0 N–H and O–H groups in total. The largest absolute Gasteiger partial charge is 0.463 e. The van der Waals surface area contributed by atoms with Crippen molar-refractivity contribution in [1.29, 1.82) is 0 Å². The summed E-state index contributed by atoms with van der Waals surface area (Å²) in [6, 6.07) is 7.06. The Labute approximate surface area is 138 Å². The van der Waals surface area contributed by atoms with E-state index < -0.39 is 11.9 Å².